The van der Waals surface area contributed by atoms with Crippen LogP contribution in [0.3, 0.4) is 0 Å². The van der Waals surface area contributed by atoms with Crippen LogP contribution < -0.4 is 4.90 Å². The maximum atomic E-state index is 12.6. The van der Waals surface area contributed by atoms with Crippen molar-refractivity contribution in [3.8, 4) is 0 Å². The molecule has 2 unspecified atom stereocenters. The maximum absolute atomic E-state index is 12.6. The Labute approximate surface area is 131 Å². The number of rotatable bonds is 3. The molecule has 6 nitrogen and oxygen atoms in total. The van der Waals surface area contributed by atoms with Crippen LogP contribution in [0.2, 0.25) is 0 Å². The van der Waals surface area contributed by atoms with Crippen molar-refractivity contribution in [1.29, 1.82) is 0 Å². The first-order chi connectivity index (χ1) is 10.5. The van der Waals surface area contributed by atoms with E-state index in [2.05, 4.69) is 0 Å². The Balaban J connectivity index is 2.55. The summed E-state index contributed by atoms with van der Waals surface area (Å²) in [7, 11) is -5.62. The van der Waals surface area contributed by atoms with E-state index in [0.29, 0.717) is 12.6 Å². The molecule has 0 aromatic heterocycles. The van der Waals surface area contributed by atoms with Crippen LogP contribution in [0.4, 0.5) is 24.5 Å². The molecule has 2 rings (SSSR count). The van der Waals surface area contributed by atoms with E-state index in [9.17, 15) is 31.7 Å². The molecule has 0 N–H and O–H groups in total. The smallest absolute Gasteiger partial charge is 0.363 e. The molecule has 1 aliphatic rings. The fourth-order valence-electron chi connectivity index (χ4n) is 2.63. The molecular formula is C13H15F3N2O4S. The minimum Gasteiger partial charge on any atom is -0.363 e. The molecule has 1 saturated heterocycles. The molecule has 0 radical (unpaired) electrons. The van der Waals surface area contributed by atoms with Crippen LogP contribution in [0.1, 0.15) is 20.3 Å². The quantitative estimate of drug-likeness (QED) is 0.617. The normalized spacial score (nSPS) is 22.4. The van der Waals surface area contributed by atoms with Gasteiger partial charge in [0.15, 0.2) is 0 Å². The topological polar surface area (TPSA) is 80.5 Å². The molecule has 1 aromatic carbocycles. The second-order valence-corrected chi connectivity index (χ2v) is 7.50. The fraction of sp³-hybridized carbons (Fsp3) is 0.538. The largest absolute Gasteiger partial charge is 0.501 e. The second-order valence-electron chi connectivity index (χ2n) is 5.56. The Kier molecular flexibility index (Phi) is 4.31. The number of sulfone groups is 1. The van der Waals surface area contributed by atoms with E-state index >= 15 is 0 Å². The Morgan fingerprint density at radius 1 is 1.30 bits per heavy atom. The van der Waals surface area contributed by atoms with Gasteiger partial charge in [0.05, 0.1) is 9.82 Å². The van der Waals surface area contributed by atoms with Crippen molar-refractivity contribution in [3.05, 3.63) is 28.3 Å². The lowest BCUT2D eigenvalue weighted by Crippen LogP contribution is -2.30. The lowest BCUT2D eigenvalue weighted by atomic mass is 10.0. The summed E-state index contributed by atoms with van der Waals surface area (Å²) >= 11 is 0. The summed E-state index contributed by atoms with van der Waals surface area (Å²) in [6, 6.07) is 2.29. The summed E-state index contributed by atoms with van der Waals surface area (Å²) in [5.74, 6) is 0.271. The third kappa shape index (κ3) is 2.99. The van der Waals surface area contributed by atoms with Crippen LogP contribution in [0.15, 0.2) is 23.1 Å². The molecule has 1 aliphatic heterocycles. The van der Waals surface area contributed by atoms with Crippen molar-refractivity contribution in [2.45, 2.75) is 36.7 Å². The molecule has 0 bridgehead atoms. The van der Waals surface area contributed by atoms with E-state index in [1.54, 1.807) is 4.90 Å². The van der Waals surface area contributed by atoms with E-state index in [1.807, 2.05) is 13.8 Å². The highest BCUT2D eigenvalue weighted by Crippen LogP contribution is 2.39. The summed E-state index contributed by atoms with van der Waals surface area (Å²) in [4.78, 5) is 10.9. The van der Waals surface area contributed by atoms with Crippen LogP contribution in [0, 0.1) is 16.0 Å². The highest BCUT2D eigenvalue weighted by atomic mass is 32.2. The number of nitro benzene ring substituents is 1. The minimum atomic E-state index is -5.62. The molecule has 0 spiro atoms. The first-order valence-electron chi connectivity index (χ1n) is 6.83. The van der Waals surface area contributed by atoms with Crippen molar-refractivity contribution in [2.75, 3.05) is 11.4 Å². The standard InChI is InChI=1S/C13H15F3N2O4S/c1-8-5-6-17(9(8)2)11-4-3-10(7-12(11)18(19)20)23(21,22)13(14,15)16/h3-4,7-9H,5-6H2,1-2H3. The number of nitro groups is 1. The van der Waals surface area contributed by atoms with E-state index in [-0.39, 0.29) is 17.6 Å². The number of hydrogen-bond donors (Lipinski definition) is 0. The molecule has 0 saturated carbocycles. The van der Waals surface area contributed by atoms with Gasteiger partial charge in [-0.05, 0) is 31.4 Å². The Bertz CT molecular complexity index is 733. The summed E-state index contributed by atoms with van der Waals surface area (Å²) in [6.45, 7) is 4.36. The molecule has 23 heavy (non-hydrogen) atoms. The minimum absolute atomic E-state index is 0.0289. The number of nitrogens with zero attached hydrogens (tertiary/aromatic N) is 2. The van der Waals surface area contributed by atoms with E-state index in [4.69, 9.17) is 0 Å². The van der Waals surface area contributed by atoms with Gasteiger partial charge in [-0.3, -0.25) is 10.1 Å². The van der Waals surface area contributed by atoms with E-state index < -0.39 is 30.9 Å². The summed E-state index contributed by atoms with van der Waals surface area (Å²) in [5, 5.41) is 11.2. The highest BCUT2D eigenvalue weighted by Gasteiger charge is 2.47. The zero-order valence-electron chi connectivity index (χ0n) is 12.4. The summed E-state index contributed by atoms with van der Waals surface area (Å²) in [6.07, 6.45) is 0.793. The van der Waals surface area contributed by atoms with Gasteiger partial charge in [0.1, 0.15) is 5.69 Å². The first-order valence-corrected chi connectivity index (χ1v) is 8.31. The lowest BCUT2D eigenvalue weighted by Gasteiger charge is -2.25. The summed E-state index contributed by atoms with van der Waals surface area (Å²) < 4.78 is 60.6. The van der Waals surface area contributed by atoms with Crippen LogP contribution in [0.25, 0.3) is 0 Å². The van der Waals surface area contributed by atoms with Gasteiger partial charge in [0.2, 0.25) is 0 Å². The maximum Gasteiger partial charge on any atom is 0.501 e. The molecule has 128 valence electrons. The third-order valence-corrected chi connectivity index (χ3v) is 5.69. The van der Waals surface area contributed by atoms with Gasteiger partial charge in [0.25, 0.3) is 15.5 Å². The Hall–Kier alpha value is -1.84. The lowest BCUT2D eigenvalue weighted by molar-refractivity contribution is -0.384. The second kappa shape index (κ2) is 5.66. The molecule has 0 amide bonds. The molecule has 1 fully saturated rings. The molecular weight excluding hydrogens is 337 g/mol. The van der Waals surface area contributed by atoms with Gasteiger partial charge < -0.3 is 4.90 Å². The zero-order chi connectivity index (χ0) is 17.6. The van der Waals surface area contributed by atoms with Gasteiger partial charge in [0, 0.05) is 18.7 Å². The molecule has 2 atom stereocenters. The van der Waals surface area contributed by atoms with Gasteiger partial charge in [-0.25, -0.2) is 8.42 Å². The van der Waals surface area contributed by atoms with Crippen molar-refractivity contribution in [3.63, 3.8) is 0 Å². The monoisotopic (exact) mass is 352 g/mol. The van der Waals surface area contributed by atoms with Gasteiger partial charge in [-0.15, -0.1) is 0 Å². The van der Waals surface area contributed by atoms with E-state index in [1.165, 1.54) is 0 Å². The average Bonchev–Trinajstić information content (AvgIpc) is 2.77. The van der Waals surface area contributed by atoms with Crippen LogP contribution in [-0.2, 0) is 9.84 Å². The van der Waals surface area contributed by atoms with Crippen molar-refractivity contribution in [1.82, 2.24) is 0 Å². The fourth-order valence-corrected chi connectivity index (χ4v) is 3.41. The van der Waals surface area contributed by atoms with Crippen LogP contribution >= 0.6 is 0 Å². The zero-order valence-corrected chi connectivity index (χ0v) is 13.2. The highest BCUT2D eigenvalue weighted by molar-refractivity contribution is 7.92. The van der Waals surface area contributed by atoms with Gasteiger partial charge in [-0.1, -0.05) is 6.92 Å². The van der Waals surface area contributed by atoms with Crippen molar-refractivity contribution >= 4 is 21.2 Å². The molecule has 1 heterocycles. The number of alkyl halides is 3. The number of anilines is 1. The third-order valence-electron chi connectivity index (χ3n) is 4.21. The number of benzene rings is 1. The Morgan fingerprint density at radius 2 is 1.91 bits per heavy atom. The van der Waals surface area contributed by atoms with E-state index in [0.717, 1.165) is 18.6 Å². The Morgan fingerprint density at radius 3 is 2.35 bits per heavy atom. The molecule has 10 heteroatoms. The van der Waals surface area contributed by atoms with Gasteiger partial charge >= 0.3 is 5.51 Å². The molecule has 1 aromatic rings. The number of halogens is 3. The molecule has 0 aliphatic carbocycles. The predicted molar refractivity (Wildman–Crippen MR) is 76.9 cm³/mol. The summed E-state index contributed by atoms with van der Waals surface area (Å²) in [5.41, 5.74) is -6.01. The van der Waals surface area contributed by atoms with Gasteiger partial charge in [-0.2, -0.15) is 13.2 Å². The van der Waals surface area contributed by atoms with Crippen LogP contribution in [0.5, 0.6) is 0 Å². The first kappa shape index (κ1) is 17.5. The van der Waals surface area contributed by atoms with Crippen LogP contribution in [-0.4, -0.2) is 31.4 Å². The average molecular weight is 352 g/mol. The van der Waals surface area contributed by atoms with Crippen molar-refractivity contribution in [2.24, 2.45) is 5.92 Å². The predicted octanol–water partition coefficient (Wildman–Crippen LogP) is 3.12. The number of hydrogen-bond acceptors (Lipinski definition) is 5. The SMILES string of the molecule is CC1CCN(c2ccc(S(=O)(=O)C(F)(F)F)cc2[N+](=O)[O-])C1C. The van der Waals surface area contributed by atoms with Crippen molar-refractivity contribution < 1.29 is 26.5 Å².